The Morgan fingerprint density at radius 2 is 1.94 bits per heavy atom. The zero-order valence-corrected chi connectivity index (χ0v) is 12.2. The number of rotatable bonds is 3. The Morgan fingerprint density at radius 3 is 2.61 bits per heavy atom. The topological polar surface area (TPSA) is 39.4 Å². The van der Waals surface area contributed by atoms with Gasteiger partial charge in [0.25, 0.3) is 0 Å². The predicted molar refractivity (Wildman–Crippen MR) is 76.1 cm³/mol. The average Bonchev–Trinajstić information content (AvgIpc) is 2.24. The summed E-state index contributed by atoms with van der Waals surface area (Å²) in [7, 11) is -1.24. The lowest BCUT2D eigenvalue weighted by atomic mass is 10.1. The minimum Gasteiger partial charge on any atom is -0.497 e. The standard InChI is InChI=1S/C14H18O3Si/c1-10-7-14(15)17-13-8-11(5-6-12(10)13)16-9-18(2,3)4/h5-8H,9H2,1-4H3. The summed E-state index contributed by atoms with van der Waals surface area (Å²) in [6.45, 7) is 8.65. The minimum atomic E-state index is -1.24. The first-order chi connectivity index (χ1) is 8.35. The summed E-state index contributed by atoms with van der Waals surface area (Å²) in [5.41, 5.74) is 1.20. The first kappa shape index (κ1) is 12.9. The van der Waals surface area contributed by atoms with E-state index in [4.69, 9.17) is 9.15 Å². The van der Waals surface area contributed by atoms with Gasteiger partial charge in [0.15, 0.2) is 0 Å². The summed E-state index contributed by atoms with van der Waals surface area (Å²) in [5.74, 6) is 0.763. The Kier molecular flexibility index (Phi) is 3.30. The van der Waals surface area contributed by atoms with Gasteiger partial charge in [0, 0.05) is 17.5 Å². The van der Waals surface area contributed by atoms with Crippen molar-refractivity contribution in [3.05, 3.63) is 40.2 Å². The molecule has 0 N–H and O–H groups in total. The van der Waals surface area contributed by atoms with Gasteiger partial charge in [0.2, 0.25) is 0 Å². The molecule has 0 fully saturated rings. The lowest BCUT2D eigenvalue weighted by molar-refractivity contribution is 0.377. The van der Waals surface area contributed by atoms with Gasteiger partial charge in [-0.25, -0.2) is 4.79 Å². The van der Waals surface area contributed by atoms with E-state index >= 15 is 0 Å². The molecule has 0 aliphatic rings. The highest BCUT2D eigenvalue weighted by Crippen LogP contribution is 2.22. The third kappa shape index (κ3) is 3.01. The van der Waals surface area contributed by atoms with Crippen molar-refractivity contribution in [1.29, 1.82) is 0 Å². The van der Waals surface area contributed by atoms with Crippen molar-refractivity contribution in [3.63, 3.8) is 0 Å². The SMILES string of the molecule is Cc1cc(=O)oc2cc(OC[Si](C)(C)C)ccc12. The van der Waals surface area contributed by atoms with E-state index in [0.717, 1.165) is 22.9 Å². The van der Waals surface area contributed by atoms with Crippen LogP contribution < -0.4 is 10.4 Å². The number of aryl methyl sites for hydroxylation is 1. The van der Waals surface area contributed by atoms with Gasteiger partial charge in [0.05, 0.1) is 14.3 Å². The zero-order chi connectivity index (χ0) is 13.3. The molecule has 0 amide bonds. The van der Waals surface area contributed by atoms with E-state index in [1.165, 1.54) is 6.07 Å². The number of fused-ring (bicyclic) bond motifs is 1. The van der Waals surface area contributed by atoms with Crippen LogP contribution >= 0.6 is 0 Å². The molecule has 96 valence electrons. The fourth-order valence-corrected chi connectivity index (χ4v) is 2.29. The Labute approximate surface area is 107 Å². The van der Waals surface area contributed by atoms with Crippen LogP contribution in [-0.2, 0) is 0 Å². The molecule has 0 saturated heterocycles. The molecule has 0 atom stereocenters. The summed E-state index contributed by atoms with van der Waals surface area (Å²) < 4.78 is 10.9. The van der Waals surface area contributed by atoms with Crippen LogP contribution in [0.2, 0.25) is 19.6 Å². The lowest BCUT2D eigenvalue weighted by Crippen LogP contribution is -2.29. The van der Waals surface area contributed by atoms with Gasteiger partial charge in [-0.2, -0.15) is 0 Å². The van der Waals surface area contributed by atoms with Crippen LogP contribution in [0.3, 0.4) is 0 Å². The Morgan fingerprint density at radius 1 is 1.22 bits per heavy atom. The molecule has 2 rings (SSSR count). The van der Waals surface area contributed by atoms with E-state index < -0.39 is 8.07 Å². The van der Waals surface area contributed by atoms with Crippen molar-refractivity contribution in [2.75, 3.05) is 6.23 Å². The first-order valence-corrected chi connectivity index (χ1v) is 9.73. The summed E-state index contributed by atoms with van der Waals surface area (Å²) in [4.78, 5) is 11.3. The molecule has 0 bridgehead atoms. The van der Waals surface area contributed by atoms with Crippen LogP contribution in [0.25, 0.3) is 11.0 Å². The van der Waals surface area contributed by atoms with Gasteiger partial charge in [-0.15, -0.1) is 0 Å². The molecule has 0 radical (unpaired) electrons. The summed E-state index contributed by atoms with van der Waals surface area (Å²) in [6.07, 6.45) is 0.758. The van der Waals surface area contributed by atoms with Crippen LogP contribution in [-0.4, -0.2) is 14.3 Å². The largest absolute Gasteiger partial charge is 0.497 e. The average molecular weight is 262 g/mol. The smallest absolute Gasteiger partial charge is 0.336 e. The third-order valence-electron chi connectivity index (χ3n) is 2.59. The first-order valence-electron chi connectivity index (χ1n) is 6.02. The van der Waals surface area contributed by atoms with Crippen molar-refractivity contribution >= 4 is 19.0 Å². The zero-order valence-electron chi connectivity index (χ0n) is 11.2. The summed E-state index contributed by atoms with van der Waals surface area (Å²) in [6, 6.07) is 7.16. The van der Waals surface area contributed by atoms with Crippen molar-refractivity contribution < 1.29 is 9.15 Å². The van der Waals surface area contributed by atoms with Gasteiger partial charge < -0.3 is 9.15 Å². The highest BCUT2D eigenvalue weighted by molar-refractivity contribution is 6.76. The molecule has 18 heavy (non-hydrogen) atoms. The maximum atomic E-state index is 11.3. The van der Waals surface area contributed by atoms with E-state index in [1.54, 1.807) is 6.07 Å². The summed E-state index contributed by atoms with van der Waals surface area (Å²) in [5, 5.41) is 0.954. The van der Waals surface area contributed by atoms with Gasteiger partial charge in [-0.1, -0.05) is 19.6 Å². The van der Waals surface area contributed by atoms with Crippen LogP contribution in [0.4, 0.5) is 0 Å². The van der Waals surface area contributed by atoms with Crippen LogP contribution in [0.5, 0.6) is 5.75 Å². The summed E-state index contributed by atoms with van der Waals surface area (Å²) >= 11 is 0. The molecule has 0 spiro atoms. The molecule has 0 aliphatic heterocycles. The molecule has 1 heterocycles. The highest BCUT2D eigenvalue weighted by atomic mass is 28.3. The van der Waals surface area contributed by atoms with Crippen molar-refractivity contribution in [2.24, 2.45) is 0 Å². The second-order valence-electron chi connectivity index (χ2n) is 5.76. The van der Waals surface area contributed by atoms with Crippen molar-refractivity contribution in [3.8, 4) is 5.75 Å². The van der Waals surface area contributed by atoms with E-state index in [0.29, 0.717) is 5.58 Å². The maximum absolute atomic E-state index is 11.3. The van der Waals surface area contributed by atoms with E-state index in [1.807, 2.05) is 19.1 Å². The van der Waals surface area contributed by atoms with E-state index in [2.05, 4.69) is 19.6 Å². The van der Waals surface area contributed by atoms with Crippen LogP contribution in [0.1, 0.15) is 5.56 Å². The molecule has 1 aromatic carbocycles. The Bertz CT molecular complexity index is 623. The number of hydrogen-bond donors (Lipinski definition) is 0. The van der Waals surface area contributed by atoms with Gasteiger partial charge >= 0.3 is 5.63 Å². The minimum absolute atomic E-state index is 0.317. The third-order valence-corrected chi connectivity index (χ3v) is 3.61. The van der Waals surface area contributed by atoms with Gasteiger partial charge in [0.1, 0.15) is 11.3 Å². The molecule has 0 aliphatic carbocycles. The fourth-order valence-electron chi connectivity index (χ4n) is 1.69. The molecule has 1 aromatic heterocycles. The quantitative estimate of drug-likeness (QED) is 0.629. The molecule has 0 saturated carbocycles. The van der Waals surface area contributed by atoms with Crippen molar-refractivity contribution in [1.82, 2.24) is 0 Å². The van der Waals surface area contributed by atoms with Crippen molar-refractivity contribution in [2.45, 2.75) is 26.6 Å². The Hall–Kier alpha value is -1.55. The van der Waals surface area contributed by atoms with E-state index in [-0.39, 0.29) is 5.63 Å². The monoisotopic (exact) mass is 262 g/mol. The normalized spacial score (nSPS) is 11.8. The molecule has 4 heteroatoms. The van der Waals surface area contributed by atoms with Gasteiger partial charge in [-0.3, -0.25) is 0 Å². The molecular weight excluding hydrogens is 244 g/mol. The maximum Gasteiger partial charge on any atom is 0.336 e. The number of benzene rings is 1. The number of ether oxygens (including phenoxy) is 1. The lowest BCUT2D eigenvalue weighted by Gasteiger charge is -2.16. The Balaban J connectivity index is 2.35. The molecule has 2 aromatic rings. The second-order valence-corrected chi connectivity index (χ2v) is 11.2. The van der Waals surface area contributed by atoms with Gasteiger partial charge in [-0.05, 0) is 24.6 Å². The molecule has 0 unspecified atom stereocenters. The fraction of sp³-hybridized carbons (Fsp3) is 0.357. The second kappa shape index (κ2) is 4.61. The van der Waals surface area contributed by atoms with E-state index in [9.17, 15) is 4.79 Å². The highest BCUT2D eigenvalue weighted by Gasteiger charge is 2.14. The van der Waals surface area contributed by atoms with Crippen LogP contribution in [0.15, 0.2) is 33.5 Å². The van der Waals surface area contributed by atoms with Crippen LogP contribution in [0, 0.1) is 6.92 Å². The number of hydrogen-bond acceptors (Lipinski definition) is 3. The molecule has 3 nitrogen and oxygen atoms in total. The molecular formula is C14H18O3Si. The predicted octanol–water partition coefficient (Wildman–Crippen LogP) is 3.36.